The fourth-order valence-corrected chi connectivity index (χ4v) is 2.91. The number of aryl methyl sites for hydroxylation is 1. The number of rotatable bonds is 3. The highest BCUT2D eigenvalue weighted by atomic mass is 19.4. The monoisotopic (exact) mass is 326 g/mol. The van der Waals surface area contributed by atoms with Gasteiger partial charge in [0.1, 0.15) is 5.82 Å². The van der Waals surface area contributed by atoms with Crippen LogP contribution in [0.2, 0.25) is 0 Å². The Morgan fingerprint density at radius 3 is 2.83 bits per heavy atom. The van der Waals surface area contributed by atoms with Gasteiger partial charge < -0.3 is 9.84 Å². The first-order valence-electron chi connectivity index (χ1n) is 7.52. The minimum atomic E-state index is -4.14. The summed E-state index contributed by atoms with van der Waals surface area (Å²) in [6.07, 6.45) is -1.08. The lowest BCUT2D eigenvalue weighted by Crippen LogP contribution is -2.34. The summed E-state index contributed by atoms with van der Waals surface area (Å²) in [5, 5.41) is 6.86. The number of aromatic nitrogens is 3. The summed E-state index contributed by atoms with van der Waals surface area (Å²) in [7, 11) is 0. The maximum absolute atomic E-state index is 12.9. The normalized spacial score (nSPS) is 22.1. The van der Waals surface area contributed by atoms with Gasteiger partial charge in [-0.3, -0.25) is 0 Å². The summed E-state index contributed by atoms with van der Waals surface area (Å²) in [5.74, 6) is 0.0152. The van der Waals surface area contributed by atoms with E-state index in [1.807, 2.05) is 0 Å². The van der Waals surface area contributed by atoms with Gasteiger partial charge in [0.05, 0.1) is 11.5 Å². The molecule has 1 saturated carbocycles. The predicted octanol–water partition coefficient (Wildman–Crippen LogP) is 3.97. The highest BCUT2D eigenvalue weighted by molar-refractivity contribution is 5.68. The first-order valence-corrected chi connectivity index (χ1v) is 7.52. The van der Waals surface area contributed by atoms with E-state index in [0.717, 1.165) is 0 Å². The molecule has 2 atom stereocenters. The number of nitrogens with one attached hydrogen (secondary N) is 1. The van der Waals surface area contributed by atoms with Crippen molar-refractivity contribution in [2.24, 2.45) is 5.92 Å². The quantitative estimate of drug-likeness (QED) is 0.924. The number of pyridine rings is 1. The maximum Gasteiger partial charge on any atom is 0.391 e. The van der Waals surface area contributed by atoms with E-state index < -0.39 is 12.1 Å². The summed E-state index contributed by atoms with van der Waals surface area (Å²) in [6, 6.07) is 3.21. The Morgan fingerprint density at radius 1 is 1.30 bits per heavy atom. The molecule has 2 aromatic heterocycles. The van der Waals surface area contributed by atoms with Crippen LogP contribution in [0.3, 0.4) is 0 Å². The third kappa shape index (κ3) is 3.62. The Hall–Kier alpha value is -2.12. The van der Waals surface area contributed by atoms with Gasteiger partial charge in [0.15, 0.2) is 5.82 Å². The molecule has 2 heterocycles. The molecule has 2 unspecified atom stereocenters. The van der Waals surface area contributed by atoms with Gasteiger partial charge >= 0.3 is 6.18 Å². The van der Waals surface area contributed by atoms with Gasteiger partial charge in [0, 0.05) is 12.2 Å². The molecule has 0 aliphatic heterocycles. The third-order valence-corrected chi connectivity index (χ3v) is 4.04. The van der Waals surface area contributed by atoms with E-state index in [-0.39, 0.29) is 18.9 Å². The molecule has 0 radical (unpaired) electrons. The topological polar surface area (TPSA) is 63.8 Å². The zero-order valence-electron chi connectivity index (χ0n) is 12.6. The van der Waals surface area contributed by atoms with Crippen LogP contribution in [0, 0.1) is 12.8 Å². The molecule has 0 bridgehead atoms. The molecule has 0 spiro atoms. The molecular formula is C15H17F3N4O. The van der Waals surface area contributed by atoms with Crippen LogP contribution in [0.1, 0.15) is 31.5 Å². The summed E-state index contributed by atoms with van der Waals surface area (Å²) in [5.41, 5.74) is 0.599. The average Bonchev–Trinajstić information content (AvgIpc) is 2.94. The van der Waals surface area contributed by atoms with E-state index in [4.69, 9.17) is 4.52 Å². The van der Waals surface area contributed by atoms with Crippen molar-refractivity contribution in [2.45, 2.75) is 44.8 Å². The van der Waals surface area contributed by atoms with Gasteiger partial charge in [-0.05, 0) is 38.3 Å². The smallest absolute Gasteiger partial charge is 0.367 e. The molecule has 1 N–H and O–H groups in total. The van der Waals surface area contributed by atoms with Crippen LogP contribution in [-0.2, 0) is 0 Å². The summed E-state index contributed by atoms with van der Waals surface area (Å²) in [4.78, 5) is 8.38. The van der Waals surface area contributed by atoms with Gasteiger partial charge in [0.2, 0.25) is 0 Å². The molecule has 1 fully saturated rings. The number of nitrogens with zero attached hydrogens (tertiary/aromatic N) is 3. The molecule has 23 heavy (non-hydrogen) atoms. The molecule has 0 saturated heterocycles. The minimum absolute atomic E-state index is 0.0579. The average molecular weight is 326 g/mol. The molecule has 2 aromatic rings. The third-order valence-electron chi connectivity index (χ3n) is 4.04. The molecule has 3 rings (SSSR count). The predicted molar refractivity (Wildman–Crippen MR) is 77.7 cm³/mol. The van der Waals surface area contributed by atoms with Crippen LogP contribution in [0.25, 0.3) is 11.5 Å². The Bertz CT molecular complexity index is 671. The van der Waals surface area contributed by atoms with Gasteiger partial charge in [-0.2, -0.15) is 18.2 Å². The number of hydrogen-bond donors (Lipinski definition) is 1. The first kappa shape index (κ1) is 15.8. The highest BCUT2D eigenvalue weighted by Gasteiger charge is 2.42. The van der Waals surface area contributed by atoms with Gasteiger partial charge in [0.25, 0.3) is 5.89 Å². The summed E-state index contributed by atoms with van der Waals surface area (Å²) in [6.45, 7) is 1.70. The van der Waals surface area contributed by atoms with Crippen molar-refractivity contribution in [1.82, 2.24) is 15.1 Å². The van der Waals surface area contributed by atoms with Crippen LogP contribution in [-0.4, -0.2) is 27.3 Å². The molecule has 5 nitrogen and oxygen atoms in total. The van der Waals surface area contributed by atoms with Crippen molar-refractivity contribution in [1.29, 1.82) is 0 Å². The van der Waals surface area contributed by atoms with Crippen molar-refractivity contribution in [3.63, 3.8) is 0 Å². The van der Waals surface area contributed by atoms with E-state index in [1.54, 1.807) is 25.3 Å². The lowest BCUT2D eigenvalue weighted by Gasteiger charge is -2.31. The zero-order valence-corrected chi connectivity index (χ0v) is 12.6. The lowest BCUT2D eigenvalue weighted by atomic mass is 9.85. The van der Waals surface area contributed by atoms with Crippen LogP contribution in [0.4, 0.5) is 19.0 Å². The van der Waals surface area contributed by atoms with Crippen LogP contribution >= 0.6 is 0 Å². The summed E-state index contributed by atoms with van der Waals surface area (Å²) < 4.78 is 43.9. The van der Waals surface area contributed by atoms with E-state index in [2.05, 4.69) is 20.4 Å². The van der Waals surface area contributed by atoms with Crippen LogP contribution in [0.15, 0.2) is 22.9 Å². The number of alkyl halides is 3. The lowest BCUT2D eigenvalue weighted by molar-refractivity contribution is -0.182. The minimum Gasteiger partial charge on any atom is -0.367 e. The molecule has 0 amide bonds. The van der Waals surface area contributed by atoms with E-state index >= 15 is 0 Å². The molecule has 1 aliphatic carbocycles. The van der Waals surface area contributed by atoms with E-state index in [9.17, 15) is 13.2 Å². The van der Waals surface area contributed by atoms with Gasteiger partial charge in [-0.15, -0.1) is 0 Å². The number of hydrogen-bond acceptors (Lipinski definition) is 5. The molecular weight excluding hydrogens is 309 g/mol. The largest absolute Gasteiger partial charge is 0.391 e. The molecule has 0 aromatic carbocycles. The highest BCUT2D eigenvalue weighted by Crippen LogP contribution is 2.38. The fourth-order valence-electron chi connectivity index (χ4n) is 2.91. The van der Waals surface area contributed by atoms with Crippen molar-refractivity contribution in [3.8, 4) is 11.5 Å². The Balaban J connectivity index is 1.78. The molecule has 124 valence electrons. The van der Waals surface area contributed by atoms with Crippen molar-refractivity contribution in [2.75, 3.05) is 5.32 Å². The van der Waals surface area contributed by atoms with Crippen molar-refractivity contribution in [3.05, 3.63) is 24.2 Å². The van der Waals surface area contributed by atoms with Crippen molar-refractivity contribution >= 4 is 5.82 Å². The standard InChI is InChI=1S/C15H17F3N4O/c1-9-20-14(23-22-9)12-6-3-7-19-13(12)21-11-5-2-4-10(8-11)15(16,17)18/h3,6-7,10-11H,2,4-5,8H2,1H3,(H,19,21). The van der Waals surface area contributed by atoms with Crippen LogP contribution in [0.5, 0.6) is 0 Å². The molecule has 1 aliphatic rings. The SMILES string of the molecule is Cc1noc(-c2cccnc2NC2CCCC(C(F)(F)F)C2)n1. The number of halogens is 3. The van der Waals surface area contributed by atoms with E-state index in [0.29, 0.717) is 35.9 Å². The van der Waals surface area contributed by atoms with Gasteiger partial charge in [-0.1, -0.05) is 11.6 Å². The second kappa shape index (κ2) is 6.17. The fraction of sp³-hybridized carbons (Fsp3) is 0.533. The first-order chi connectivity index (χ1) is 10.9. The van der Waals surface area contributed by atoms with Gasteiger partial charge in [-0.25, -0.2) is 4.98 Å². The van der Waals surface area contributed by atoms with Crippen molar-refractivity contribution < 1.29 is 17.7 Å². The van der Waals surface area contributed by atoms with Crippen LogP contribution < -0.4 is 5.32 Å². The maximum atomic E-state index is 12.9. The Kier molecular flexibility index (Phi) is 4.23. The Labute approximate surface area is 131 Å². The second-order valence-corrected chi connectivity index (χ2v) is 5.79. The van der Waals surface area contributed by atoms with E-state index in [1.165, 1.54) is 0 Å². The number of anilines is 1. The second-order valence-electron chi connectivity index (χ2n) is 5.79. The summed E-state index contributed by atoms with van der Waals surface area (Å²) >= 11 is 0. The molecule has 8 heteroatoms. The Morgan fingerprint density at radius 2 is 2.13 bits per heavy atom. The zero-order chi connectivity index (χ0) is 16.4.